The second-order valence-corrected chi connectivity index (χ2v) is 9.41. The minimum Gasteiger partial charge on any atom is -0.406 e. The van der Waals surface area contributed by atoms with Gasteiger partial charge in [0.05, 0.1) is 10.6 Å². The number of allylic oxidation sites excluding steroid dienone is 1. The molecule has 0 N–H and O–H groups in total. The van der Waals surface area contributed by atoms with E-state index in [1.807, 2.05) is 6.92 Å². The third-order valence-electron chi connectivity index (χ3n) is 5.15. The number of rotatable bonds is 4. The monoisotopic (exact) mass is 473 g/mol. The summed E-state index contributed by atoms with van der Waals surface area (Å²) in [6.07, 6.45) is -3.63. The quantitative estimate of drug-likeness (QED) is 0.445. The number of para-hydroxylation sites is 1. The van der Waals surface area contributed by atoms with Crippen molar-refractivity contribution < 1.29 is 31.1 Å². The molecular formula is C24H18F3NO4S. The Labute approximate surface area is 188 Å². The number of benzene rings is 3. The number of fused-ring (bicyclic) bond motifs is 1. The summed E-state index contributed by atoms with van der Waals surface area (Å²) < 4.78 is 68.0. The summed E-state index contributed by atoms with van der Waals surface area (Å²) in [5, 5.41) is 0. The lowest BCUT2D eigenvalue weighted by molar-refractivity contribution is -0.274. The third-order valence-corrected chi connectivity index (χ3v) is 6.94. The van der Waals surface area contributed by atoms with Gasteiger partial charge in [0, 0.05) is 17.5 Å². The molecule has 9 heteroatoms. The van der Waals surface area contributed by atoms with Gasteiger partial charge in [0.1, 0.15) is 10.7 Å². The van der Waals surface area contributed by atoms with Gasteiger partial charge in [-0.25, -0.2) is 8.42 Å². The van der Waals surface area contributed by atoms with Crippen molar-refractivity contribution >= 4 is 27.0 Å². The van der Waals surface area contributed by atoms with E-state index in [1.165, 1.54) is 29.3 Å². The predicted molar refractivity (Wildman–Crippen MR) is 117 cm³/mol. The second kappa shape index (κ2) is 8.08. The van der Waals surface area contributed by atoms with Crippen LogP contribution in [0.25, 0.3) is 0 Å². The van der Waals surface area contributed by atoms with Crippen molar-refractivity contribution in [3.63, 3.8) is 0 Å². The van der Waals surface area contributed by atoms with Gasteiger partial charge in [-0.1, -0.05) is 35.9 Å². The van der Waals surface area contributed by atoms with Crippen LogP contribution < -0.4 is 9.64 Å². The van der Waals surface area contributed by atoms with Crippen LogP contribution in [0.1, 0.15) is 21.5 Å². The molecule has 4 rings (SSSR count). The number of Topliss-reactive ketones (excluding diaryl/α,β-unsaturated/α-hetero) is 1. The van der Waals surface area contributed by atoms with Crippen molar-refractivity contribution in [1.29, 1.82) is 0 Å². The van der Waals surface area contributed by atoms with Gasteiger partial charge in [-0.05, 0) is 55.8 Å². The van der Waals surface area contributed by atoms with Gasteiger partial charge in [0.2, 0.25) is 15.6 Å². The van der Waals surface area contributed by atoms with Gasteiger partial charge in [0.25, 0.3) is 0 Å². The first-order valence-corrected chi connectivity index (χ1v) is 11.3. The van der Waals surface area contributed by atoms with Crippen molar-refractivity contribution in [2.45, 2.75) is 25.1 Å². The van der Waals surface area contributed by atoms with E-state index in [4.69, 9.17) is 0 Å². The highest BCUT2D eigenvalue weighted by atomic mass is 32.2. The lowest BCUT2D eigenvalue weighted by Crippen LogP contribution is -2.26. The molecule has 1 heterocycles. The highest BCUT2D eigenvalue weighted by Crippen LogP contribution is 2.41. The SMILES string of the molecule is Cc1ccc(C(=O)C2=CN(c3ccc(OC(F)(F)F)cc3)c3ccccc3S2(=O)=O)c(C)c1. The van der Waals surface area contributed by atoms with Crippen LogP contribution in [0.2, 0.25) is 0 Å². The number of hydrogen-bond acceptors (Lipinski definition) is 5. The molecule has 3 aromatic carbocycles. The number of ether oxygens (including phenoxy) is 1. The van der Waals surface area contributed by atoms with Crippen molar-refractivity contribution in [3.05, 3.63) is 94.5 Å². The summed E-state index contributed by atoms with van der Waals surface area (Å²) >= 11 is 0. The van der Waals surface area contributed by atoms with Gasteiger partial charge >= 0.3 is 6.36 Å². The molecule has 0 aliphatic carbocycles. The number of anilines is 2. The molecule has 1 aliphatic heterocycles. The molecule has 0 atom stereocenters. The molecule has 3 aromatic rings. The zero-order chi connectivity index (χ0) is 24.0. The van der Waals surface area contributed by atoms with E-state index in [0.717, 1.165) is 17.7 Å². The Hall–Kier alpha value is -3.59. The third kappa shape index (κ3) is 4.36. The molecule has 0 saturated heterocycles. The maximum absolute atomic E-state index is 13.3. The van der Waals surface area contributed by atoms with E-state index < -0.39 is 32.6 Å². The van der Waals surface area contributed by atoms with Gasteiger partial charge in [0.15, 0.2) is 0 Å². The minimum atomic E-state index is -4.83. The lowest BCUT2D eigenvalue weighted by Gasteiger charge is -2.29. The lowest BCUT2D eigenvalue weighted by atomic mass is 10.0. The topological polar surface area (TPSA) is 63.7 Å². The Balaban J connectivity index is 1.83. The molecule has 0 spiro atoms. The first-order valence-electron chi connectivity index (χ1n) is 9.80. The smallest absolute Gasteiger partial charge is 0.406 e. The fourth-order valence-electron chi connectivity index (χ4n) is 3.66. The summed E-state index contributed by atoms with van der Waals surface area (Å²) in [6.45, 7) is 3.59. The van der Waals surface area contributed by atoms with E-state index in [2.05, 4.69) is 4.74 Å². The van der Waals surface area contributed by atoms with E-state index in [0.29, 0.717) is 11.3 Å². The molecule has 0 saturated carbocycles. The number of aryl methyl sites for hydroxylation is 2. The van der Waals surface area contributed by atoms with Crippen LogP contribution in [0.5, 0.6) is 5.75 Å². The van der Waals surface area contributed by atoms with Gasteiger partial charge in [-0.2, -0.15) is 0 Å². The van der Waals surface area contributed by atoms with Crippen LogP contribution in [0, 0.1) is 13.8 Å². The zero-order valence-electron chi connectivity index (χ0n) is 17.6. The maximum atomic E-state index is 13.3. The van der Waals surface area contributed by atoms with Crippen molar-refractivity contribution in [3.8, 4) is 5.75 Å². The van der Waals surface area contributed by atoms with Crippen LogP contribution >= 0.6 is 0 Å². The Kier molecular flexibility index (Phi) is 5.53. The first kappa shape index (κ1) is 22.6. The number of halogens is 3. The van der Waals surface area contributed by atoms with E-state index in [1.54, 1.807) is 43.3 Å². The summed E-state index contributed by atoms with van der Waals surface area (Å²) in [4.78, 5) is 14.3. The van der Waals surface area contributed by atoms with Crippen LogP contribution in [-0.2, 0) is 9.84 Å². The normalized spacial score (nSPS) is 14.9. The number of alkyl halides is 3. The van der Waals surface area contributed by atoms with Crippen molar-refractivity contribution in [2.24, 2.45) is 0 Å². The Morgan fingerprint density at radius 2 is 1.61 bits per heavy atom. The molecule has 0 bridgehead atoms. The van der Waals surface area contributed by atoms with Gasteiger partial charge in [-0.3, -0.25) is 4.79 Å². The van der Waals surface area contributed by atoms with E-state index in [9.17, 15) is 26.4 Å². The Morgan fingerprint density at radius 1 is 0.939 bits per heavy atom. The molecule has 0 amide bonds. The molecule has 1 aliphatic rings. The van der Waals surface area contributed by atoms with Crippen LogP contribution in [0.3, 0.4) is 0 Å². The minimum absolute atomic E-state index is 0.0729. The van der Waals surface area contributed by atoms with Crippen molar-refractivity contribution in [1.82, 2.24) is 0 Å². The summed E-state index contributed by atoms with van der Waals surface area (Å²) in [7, 11) is -4.13. The zero-order valence-corrected chi connectivity index (χ0v) is 18.4. The van der Waals surface area contributed by atoms with Crippen molar-refractivity contribution in [2.75, 3.05) is 4.90 Å². The largest absolute Gasteiger partial charge is 0.573 e. The Bertz CT molecular complexity index is 1380. The highest BCUT2D eigenvalue weighted by molar-refractivity contribution is 7.96. The van der Waals surface area contributed by atoms with E-state index in [-0.39, 0.29) is 16.1 Å². The van der Waals surface area contributed by atoms with Gasteiger partial charge < -0.3 is 9.64 Å². The van der Waals surface area contributed by atoms with E-state index >= 15 is 0 Å². The fraction of sp³-hybridized carbons (Fsp3) is 0.125. The number of sulfone groups is 1. The van der Waals surface area contributed by atoms with Crippen LogP contribution in [-0.4, -0.2) is 20.6 Å². The summed E-state index contributed by atoms with van der Waals surface area (Å²) in [5.41, 5.74) is 2.45. The number of carbonyl (C=O) groups is 1. The molecule has 0 aromatic heterocycles. The average Bonchev–Trinajstić information content (AvgIpc) is 2.73. The molecule has 0 fully saturated rings. The summed E-state index contributed by atoms with van der Waals surface area (Å²) in [5.74, 6) is -1.08. The number of nitrogens with zero attached hydrogens (tertiary/aromatic N) is 1. The molecule has 33 heavy (non-hydrogen) atoms. The molecule has 0 radical (unpaired) electrons. The fourth-order valence-corrected chi connectivity index (χ4v) is 5.20. The molecule has 0 unspecified atom stereocenters. The standard InChI is InChI=1S/C24H18F3NO4S/c1-15-7-12-19(16(2)13-15)23(29)22-14-28(20-5-3-4-6-21(20)33(22,30)31)17-8-10-18(11-9-17)32-24(25,26)27/h3-14H,1-2H3. The van der Waals surface area contributed by atoms with Gasteiger partial charge in [-0.15, -0.1) is 13.2 Å². The summed E-state index contributed by atoms with van der Waals surface area (Å²) in [6, 6.07) is 16.2. The number of hydrogen-bond donors (Lipinski definition) is 0. The molecular weight excluding hydrogens is 455 g/mol. The molecule has 170 valence electrons. The maximum Gasteiger partial charge on any atom is 0.573 e. The van der Waals surface area contributed by atoms with Crippen LogP contribution in [0.15, 0.2) is 82.7 Å². The number of ketones is 1. The predicted octanol–water partition coefficient (Wildman–Crippen LogP) is 5.85. The number of carbonyl (C=O) groups excluding carboxylic acids is 1. The second-order valence-electron chi connectivity index (χ2n) is 7.52. The first-order chi connectivity index (χ1) is 15.5. The average molecular weight is 473 g/mol. The molecule has 5 nitrogen and oxygen atoms in total. The highest BCUT2D eigenvalue weighted by Gasteiger charge is 2.36. The Morgan fingerprint density at radius 3 is 2.24 bits per heavy atom. The van der Waals surface area contributed by atoms with Crippen LogP contribution in [0.4, 0.5) is 24.5 Å².